The Hall–Kier alpha value is -3.62. The number of nitro benzene ring substituents is 1. The van der Waals surface area contributed by atoms with E-state index in [0.717, 1.165) is 0 Å². The molecule has 140 valence electrons. The zero-order valence-corrected chi connectivity index (χ0v) is 14.5. The Morgan fingerprint density at radius 1 is 1.33 bits per heavy atom. The minimum absolute atomic E-state index is 0.0300. The molecule has 0 saturated heterocycles. The van der Waals surface area contributed by atoms with Crippen LogP contribution in [0.4, 0.5) is 17.1 Å². The van der Waals surface area contributed by atoms with E-state index in [1.807, 2.05) is 0 Å². The van der Waals surface area contributed by atoms with Gasteiger partial charge in [0, 0.05) is 0 Å². The van der Waals surface area contributed by atoms with Crippen LogP contribution in [0.15, 0.2) is 42.5 Å². The summed E-state index contributed by atoms with van der Waals surface area (Å²) in [7, 11) is 0. The summed E-state index contributed by atoms with van der Waals surface area (Å²) in [5.41, 5.74) is 0.218. The lowest BCUT2D eigenvalue weighted by Gasteiger charge is -2.28. The summed E-state index contributed by atoms with van der Waals surface area (Å²) in [5, 5.41) is 13.8. The van der Waals surface area contributed by atoms with Gasteiger partial charge in [-0.3, -0.25) is 24.6 Å². The summed E-state index contributed by atoms with van der Waals surface area (Å²) in [6, 6.07) is 11.0. The molecule has 0 bridgehead atoms. The Labute approximate surface area is 154 Å². The molecule has 0 spiro atoms. The maximum atomic E-state index is 12.4. The first-order valence-corrected chi connectivity index (χ1v) is 8.23. The number of rotatable bonds is 6. The van der Waals surface area contributed by atoms with E-state index in [0.29, 0.717) is 23.8 Å². The van der Waals surface area contributed by atoms with Gasteiger partial charge in [-0.2, -0.15) is 0 Å². The molecule has 1 aliphatic heterocycles. The van der Waals surface area contributed by atoms with Crippen LogP contribution >= 0.6 is 0 Å². The number of benzene rings is 2. The first-order valence-electron chi connectivity index (χ1n) is 8.23. The number of nitrogens with one attached hydrogen (secondary N) is 1. The molecule has 0 fully saturated rings. The number of amides is 2. The van der Waals surface area contributed by atoms with Crippen molar-refractivity contribution in [3.8, 4) is 11.5 Å². The molecule has 1 N–H and O–H groups in total. The molecule has 9 nitrogen and oxygen atoms in total. The molecule has 1 aliphatic rings. The highest BCUT2D eigenvalue weighted by atomic mass is 16.6. The Morgan fingerprint density at radius 3 is 2.85 bits per heavy atom. The van der Waals surface area contributed by atoms with Gasteiger partial charge >= 0.3 is 0 Å². The normalized spacial score (nSPS) is 12.8. The fourth-order valence-electron chi connectivity index (χ4n) is 2.69. The van der Waals surface area contributed by atoms with Crippen LogP contribution in [0.3, 0.4) is 0 Å². The molecule has 2 aromatic rings. The molecular formula is C18H17N3O6. The van der Waals surface area contributed by atoms with Crippen LogP contribution in [-0.2, 0) is 9.59 Å². The van der Waals surface area contributed by atoms with Crippen LogP contribution in [0.25, 0.3) is 0 Å². The van der Waals surface area contributed by atoms with Gasteiger partial charge < -0.3 is 14.8 Å². The lowest BCUT2D eigenvalue weighted by molar-refractivity contribution is -0.384. The highest BCUT2D eigenvalue weighted by Crippen LogP contribution is 2.32. The number of carbonyl (C=O) groups is 2. The van der Waals surface area contributed by atoms with E-state index < -0.39 is 10.8 Å². The number of hydrogen-bond acceptors (Lipinski definition) is 6. The fraction of sp³-hybridized carbons (Fsp3) is 0.222. The standard InChI is InChI=1S/C18H17N3O6/c1-2-26-12-7-8-13(15(9-12)21(24)25)19-17(22)10-20-14-5-3-4-6-16(14)27-11-18(20)23/h3-9H,2,10-11H2,1H3,(H,19,22). The van der Waals surface area contributed by atoms with Gasteiger partial charge in [0.2, 0.25) is 5.91 Å². The van der Waals surface area contributed by atoms with Gasteiger partial charge in [-0.15, -0.1) is 0 Å². The number of ether oxygens (including phenoxy) is 2. The fourth-order valence-corrected chi connectivity index (χ4v) is 2.69. The second-order valence-corrected chi connectivity index (χ2v) is 5.65. The Kier molecular flexibility index (Phi) is 5.20. The SMILES string of the molecule is CCOc1ccc(NC(=O)CN2C(=O)COc3ccccc32)c([N+](=O)[O-])c1. The van der Waals surface area contributed by atoms with Crippen LogP contribution < -0.4 is 19.7 Å². The summed E-state index contributed by atoms with van der Waals surface area (Å²) in [6.07, 6.45) is 0. The molecule has 3 rings (SSSR count). The Bertz CT molecular complexity index is 898. The predicted molar refractivity (Wildman–Crippen MR) is 97.2 cm³/mol. The Morgan fingerprint density at radius 2 is 2.11 bits per heavy atom. The third-order valence-corrected chi connectivity index (χ3v) is 3.86. The molecule has 0 aromatic heterocycles. The number of fused-ring (bicyclic) bond motifs is 1. The zero-order valence-electron chi connectivity index (χ0n) is 14.5. The number of hydrogen-bond donors (Lipinski definition) is 1. The summed E-state index contributed by atoms with van der Waals surface area (Å²) < 4.78 is 10.6. The molecule has 27 heavy (non-hydrogen) atoms. The number of anilines is 2. The van der Waals surface area contributed by atoms with Gasteiger partial charge in [0.25, 0.3) is 11.6 Å². The molecule has 2 aromatic carbocycles. The summed E-state index contributed by atoms with van der Waals surface area (Å²) in [6.45, 7) is 1.66. The van der Waals surface area contributed by atoms with E-state index in [4.69, 9.17) is 9.47 Å². The molecule has 2 amide bonds. The van der Waals surface area contributed by atoms with Gasteiger partial charge in [0.15, 0.2) is 6.61 Å². The first-order chi connectivity index (χ1) is 13.0. The second-order valence-electron chi connectivity index (χ2n) is 5.65. The van der Waals surface area contributed by atoms with E-state index in [2.05, 4.69) is 5.32 Å². The minimum atomic E-state index is -0.604. The van der Waals surface area contributed by atoms with Crippen molar-refractivity contribution in [3.63, 3.8) is 0 Å². The number of carbonyl (C=O) groups excluding carboxylic acids is 2. The molecule has 9 heteroatoms. The van der Waals surface area contributed by atoms with E-state index in [-0.39, 0.29) is 30.4 Å². The van der Waals surface area contributed by atoms with E-state index in [1.54, 1.807) is 31.2 Å². The average Bonchev–Trinajstić information content (AvgIpc) is 2.65. The van der Waals surface area contributed by atoms with Crippen molar-refractivity contribution in [2.75, 3.05) is 30.0 Å². The van der Waals surface area contributed by atoms with Crippen LogP contribution in [0.5, 0.6) is 11.5 Å². The molecule has 0 radical (unpaired) electrons. The van der Waals surface area contributed by atoms with Gasteiger partial charge in [0.1, 0.15) is 23.7 Å². The smallest absolute Gasteiger partial charge is 0.296 e. The van der Waals surface area contributed by atoms with E-state index in [1.165, 1.54) is 23.1 Å². The number of nitrogens with zero attached hydrogens (tertiary/aromatic N) is 2. The van der Waals surface area contributed by atoms with E-state index >= 15 is 0 Å². The first kappa shape index (κ1) is 18.2. The maximum absolute atomic E-state index is 12.4. The topological polar surface area (TPSA) is 111 Å². The van der Waals surface area contributed by atoms with Crippen molar-refractivity contribution < 1.29 is 24.0 Å². The molecule has 0 saturated carbocycles. The quantitative estimate of drug-likeness (QED) is 0.616. The molecule has 1 heterocycles. The largest absolute Gasteiger partial charge is 0.494 e. The zero-order chi connectivity index (χ0) is 19.4. The van der Waals surface area contributed by atoms with E-state index in [9.17, 15) is 19.7 Å². The van der Waals surface area contributed by atoms with Gasteiger partial charge in [-0.1, -0.05) is 12.1 Å². The third kappa shape index (κ3) is 3.97. The lowest BCUT2D eigenvalue weighted by Crippen LogP contribution is -2.43. The van der Waals surface area contributed by atoms with Crippen molar-refractivity contribution in [1.29, 1.82) is 0 Å². The van der Waals surface area contributed by atoms with Crippen LogP contribution in [0.2, 0.25) is 0 Å². The lowest BCUT2D eigenvalue weighted by atomic mass is 10.2. The predicted octanol–water partition coefficient (Wildman–Crippen LogP) is 2.36. The van der Waals surface area contributed by atoms with Crippen molar-refractivity contribution in [2.24, 2.45) is 0 Å². The minimum Gasteiger partial charge on any atom is -0.494 e. The third-order valence-electron chi connectivity index (χ3n) is 3.86. The molecular weight excluding hydrogens is 354 g/mol. The van der Waals surface area contributed by atoms with Crippen LogP contribution in [-0.4, -0.2) is 36.5 Å². The van der Waals surface area contributed by atoms with Crippen molar-refractivity contribution >= 4 is 28.9 Å². The summed E-state index contributed by atoms with van der Waals surface area (Å²) in [5.74, 6) is -0.103. The average molecular weight is 371 g/mol. The molecule has 0 atom stereocenters. The summed E-state index contributed by atoms with van der Waals surface area (Å²) >= 11 is 0. The highest BCUT2D eigenvalue weighted by molar-refractivity contribution is 6.05. The summed E-state index contributed by atoms with van der Waals surface area (Å²) in [4.78, 5) is 36.5. The van der Waals surface area contributed by atoms with Crippen molar-refractivity contribution in [2.45, 2.75) is 6.92 Å². The van der Waals surface area contributed by atoms with Gasteiger partial charge in [-0.05, 0) is 31.2 Å². The molecule has 0 unspecified atom stereocenters. The van der Waals surface area contributed by atoms with Crippen LogP contribution in [0, 0.1) is 10.1 Å². The van der Waals surface area contributed by atoms with Crippen LogP contribution in [0.1, 0.15) is 6.92 Å². The maximum Gasteiger partial charge on any atom is 0.296 e. The monoisotopic (exact) mass is 371 g/mol. The number of para-hydroxylation sites is 2. The second kappa shape index (κ2) is 7.73. The number of nitro groups is 1. The van der Waals surface area contributed by atoms with Crippen molar-refractivity contribution in [3.05, 3.63) is 52.6 Å². The Balaban J connectivity index is 1.78. The highest BCUT2D eigenvalue weighted by Gasteiger charge is 2.27. The molecule has 0 aliphatic carbocycles. The van der Waals surface area contributed by atoms with Gasteiger partial charge in [0.05, 0.1) is 23.3 Å². The van der Waals surface area contributed by atoms with Gasteiger partial charge in [-0.25, -0.2) is 0 Å². The van der Waals surface area contributed by atoms with Crippen molar-refractivity contribution in [1.82, 2.24) is 0 Å².